The topological polar surface area (TPSA) is 41.8 Å². The first-order valence-electron chi connectivity index (χ1n) is 4.75. The molecule has 0 amide bonds. The summed E-state index contributed by atoms with van der Waals surface area (Å²) in [7, 11) is 0. The molecule has 73 valence electrons. The van der Waals surface area contributed by atoms with Crippen molar-refractivity contribution in [2.45, 2.75) is 6.92 Å². The number of hydrogen-bond donors (Lipinski definition) is 1. The van der Waals surface area contributed by atoms with Crippen LogP contribution < -0.4 is 0 Å². The standard InChI is InChI=1S/C12H9N2O/c1-8-3-2-4-10-11(8)14-12(13-10)9-5-6-15-7-9/h2-6H,1H3,(H,13,14). The molecule has 3 rings (SSSR count). The lowest BCUT2D eigenvalue weighted by molar-refractivity contribution is 0.559. The molecule has 0 saturated heterocycles. The van der Waals surface area contributed by atoms with Crippen LogP contribution in [-0.2, 0) is 0 Å². The zero-order valence-corrected chi connectivity index (χ0v) is 8.24. The second-order valence-corrected chi connectivity index (χ2v) is 3.49. The van der Waals surface area contributed by atoms with E-state index in [0.29, 0.717) is 0 Å². The van der Waals surface area contributed by atoms with Gasteiger partial charge in [-0.25, -0.2) is 4.98 Å². The molecule has 0 aliphatic rings. The number of aryl methyl sites for hydroxylation is 1. The molecule has 2 heterocycles. The molecule has 0 aliphatic heterocycles. The molecule has 0 unspecified atom stereocenters. The van der Waals surface area contributed by atoms with Crippen LogP contribution in [0.2, 0.25) is 0 Å². The molecule has 0 bridgehead atoms. The maximum Gasteiger partial charge on any atom is 0.180 e. The molecular weight excluding hydrogens is 188 g/mol. The van der Waals surface area contributed by atoms with Gasteiger partial charge in [-0.2, -0.15) is 0 Å². The van der Waals surface area contributed by atoms with Gasteiger partial charge in [-0.3, -0.25) is 0 Å². The summed E-state index contributed by atoms with van der Waals surface area (Å²) in [5.41, 5.74) is 4.06. The molecule has 1 aromatic carbocycles. The van der Waals surface area contributed by atoms with Gasteiger partial charge in [0.1, 0.15) is 5.82 Å². The van der Waals surface area contributed by atoms with E-state index in [2.05, 4.69) is 16.2 Å². The van der Waals surface area contributed by atoms with E-state index in [-0.39, 0.29) is 0 Å². The normalized spacial score (nSPS) is 11.0. The Balaban J connectivity index is 2.27. The fourth-order valence-corrected chi connectivity index (χ4v) is 1.66. The molecule has 1 N–H and O–H groups in total. The number of H-pyrrole nitrogens is 1. The first kappa shape index (κ1) is 8.29. The molecule has 3 aromatic rings. The molecule has 3 heteroatoms. The number of nitrogens with zero attached hydrogens (tertiary/aromatic N) is 1. The number of fused-ring (bicyclic) bond motifs is 1. The van der Waals surface area contributed by atoms with Gasteiger partial charge in [-0.15, -0.1) is 0 Å². The predicted molar refractivity (Wildman–Crippen MR) is 57.4 cm³/mol. The van der Waals surface area contributed by atoms with Crippen molar-refractivity contribution in [3.63, 3.8) is 0 Å². The van der Waals surface area contributed by atoms with Crippen LogP contribution in [0.15, 0.2) is 34.9 Å². The van der Waals surface area contributed by atoms with Gasteiger partial charge < -0.3 is 9.40 Å². The number of aromatic amines is 1. The zero-order valence-electron chi connectivity index (χ0n) is 8.24. The SMILES string of the molecule is Cc1cccc2[nH]c(-c3[c]occ3)nc12. The lowest BCUT2D eigenvalue weighted by Crippen LogP contribution is -1.75. The van der Waals surface area contributed by atoms with Crippen molar-refractivity contribution in [1.82, 2.24) is 9.97 Å². The third-order valence-corrected chi connectivity index (χ3v) is 2.44. The lowest BCUT2D eigenvalue weighted by Gasteiger charge is -1.90. The van der Waals surface area contributed by atoms with Gasteiger partial charge in [0.15, 0.2) is 6.26 Å². The van der Waals surface area contributed by atoms with E-state index in [1.807, 2.05) is 31.2 Å². The molecule has 0 fully saturated rings. The van der Waals surface area contributed by atoms with Crippen LogP contribution in [0.4, 0.5) is 0 Å². The van der Waals surface area contributed by atoms with Crippen LogP contribution in [0.5, 0.6) is 0 Å². The van der Waals surface area contributed by atoms with E-state index in [4.69, 9.17) is 4.42 Å². The minimum absolute atomic E-state index is 0.799. The second-order valence-electron chi connectivity index (χ2n) is 3.49. The highest BCUT2D eigenvalue weighted by atomic mass is 16.3. The van der Waals surface area contributed by atoms with E-state index in [1.165, 1.54) is 5.56 Å². The molecule has 1 radical (unpaired) electrons. The van der Waals surface area contributed by atoms with Crippen LogP contribution in [0.25, 0.3) is 22.4 Å². The van der Waals surface area contributed by atoms with Crippen molar-refractivity contribution >= 4 is 11.0 Å². The van der Waals surface area contributed by atoms with Gasteiger partial charge >= 0.3 is 0 Å². The van der Waals surface area contributed by atoms with Crippen LogP contribution in [-0.4, -0.2) is 9.97 Å². The van der Waals surface area contributed by atoms with Gasteiger partial charge in [0.25, 0.3) is 0 Å². The predicted octanol–water partition coefficient (Wildman–Crippen LogP) is 2.93. The van der Waals surface area contributed by atoms with Crippen molar-refractivity contribution in [2.75, 3.05) is 0 Å². The highest BCUT2D eigenvalue weighted by molar-refractivity contribution is 5.81. The molecule has 0 atom stereocenters. The highest BCUT2D eigenvalue weighted by Gasteiger charge is 2.07. The molecule has 0 saturated carbocycles. The first-order chi connectivity index (χ1) is 7.34. The summed E-state index contributed by atoms with van der Waals surface area (Å²) >= 11 is 0. The quantitative estimate of drug-likeness (QED) is 0.651. The minimum Gasteiger partial charge on any atom is -0.460 e. The van der Waals surface area contributed by atoms with Gasteiger partial charge in [0.05, 0.1) is 22.9 Å². The number of para-hydroxylation sites is 1. The number of hydrogen-bond acceptors (Lipinski definition) is 2. The third-order valence-electron chi connectivity index (χ3n) is 2.44. The van der Waals surface area contributed by atoms with Crippen LogP contribution in [0.3, 0.4) is 0 Å². The number of imidazole rings is 1. The Hall–Kier alpha value is -2.03. The summed E-state index contributed by atoms with van der Waals surface area (Å²) in [6, 6.07) is 7.91. The minimum atomic E-state index is 0.799. The highest BCUT2D eigenvalue weighted by Crippen LogP contribution is 2.22. The van der Waals surface area contributed by atoms with Crippen LogP contribution in [0.1, 0.15) is 5.56 Å². The Bertz CT molecular complexity index is 593. The Morgan fingerprint density at radius 3 is 3.00 bits per heavy atom. The molecule has 3 nitrogen and oxygen atoms in total. The monoisotopic (exact) mass is 197 g/mol. The van der Waals surface area contributed by atoms with E-state index >= 15 is 0 Å². The number of aromatic nitrogens is 2. The lowest BCUT2D eigenvalue weighted by atomic mass is 10.2. The van der Waals surface area contributed by atoms with E-state index in [9.17, 15) is 0 Å². The Morgan fingerprint density at radius 1 is 1.33 bits per heavy atom. The van der Waals surface area contributed by atoms with Gasteiger partial charge in [-0.1, -0.05) is 12.1 Å². The average Bonchev–Trinajstić information content (AvgIpc) is 2.86. The van der Waals surface area contributed by atoms with Gasteiger partial charge in [0, 0.05) is 0 Å². The Labute approximate surface area is 86.8 Å². The number of nitrogens with one attached hydrogen (secondary N) is 1. The Morgan fingerprint density at radius 2 is 2.27 bits per heavy atom. The zero-order chi connectivity index (χ0) is 10.3. The first-order valence-corrected chi connectivity index (χ1v) is 4.75. The fraction of sp³-hybridized carbons (Fsp3) is 0.0833. The average molecular weight is 197 g/mol. The van der Waals surface area contributed by atoms with Crippen LogP contribution in [0, 0.1) is 13.2 Å². The molecular formula is C12H9N2O. The summed E-state index contributed by atoms with van der Waals surface area (Å²) in [5, 5.41) is 0. The van der Waals surface area contributed by atoms with Crippen LogP contribution >= 0.6 is 0 Å². The van der Waals surface area contributed by atoms with Gasteiger partial charge in [-0.05, 0) is 24.6 Å². The Kier molecular flexibility index (Phi) is 1.65. The van der Waals surface area contributed by atoms with Crippen molar-refractivity contribution in [3.8, 4) is 11.4 Å². The molecule has 0 spiro atoms. The van der Waals surface area contributed by atoms with E-state index < -0.39 is 0 Å². The summed E-state index contributed by atoms with van der Waals surface area (Å²) in [4.78, 5) is 7.74. The summed E-state index contributed by atoms with van der Waals surface area (Å²) < 4.78 is 4.91. The van der Waals surface area contributed by atoms with E-state index in [1.54, 1.807) is 6.26 Å². The summed E-state index contributed by atoms with van der Waals surface area (Å²) in [5.74, 6) is 0.799. The molecule has 2 aromatic heterocycles. The smallest absolute Gasteiger partial charge is 0.180 e. The second kappa shape index (κ2) is 2.98. The molecule has 0 aliphatic carbocycles. The molecule has 15 heavy (non-hydrogen) atoms. The number of benzene rings is 1. The third kappa shape index (κ3) is 1.24. The maximum absolute atomic E-state index is 4.91. The van der Waals surface area contributed by atoms with Crippen molar-refractivity contribution in [1.29, 1.82) is 0 Å². The van der Waals surface area contributed by atoms with Crippen molar-refractivity contribution in [3.05, 3.63) is 42.4 Å². The largest absolute Gasteiger partial charge is 0.460 e. The van der Waals surface area contributed by atoms with Gasteiger partial charge in [0.2, 0.25) is 0 Å². The van der Waals surface area contributed by atoms with E-state index in [0.717, 1.165) is 22.4 Å². The number of furan rings is 1. The summed E-state index contributed by atoms with van der Waals surface area (Å²) in [6.45, 7) is 2.05. The number of rotatable bonds is 1. The maximum atomic E-state index is 4.91. The van der Waals surface area contributed by atoms with Crippen molar-refractivity contribution in [2.24, 2.45) is 0 Å². The van der Waals surface area contributed by atoms with Crippen molar-refractivity contribution < 1.29 is 4.42 Å². The summed E-state index contributed by atoms with van der Waals surface area (Å²) in [6.07, 6.45) is 4.36. The fourth-order valence-electron chi connectivity index (χ4n) is 1.66.